The minimum Gasteiger partial charge on any atom is -0.482 e. The van der Waals surface area contributed by atoms with Gasteiger partial charge in [0.25, 0.3) is 47.3 Å². The monoisotopic (exact) mass is 1790 g/mol. The lowest BCUT2D eigenvalue weighted by Gasteiger charge is -2.33. The third kappa shape index (κ3) is 23.8. The summed E-state index contributed by atoms with van der Waals surface area (Å²) in [5.41, 5.74) is 25.8. The number of ether oxygens (including phenoxy) is 6. The second-order valence-corrected chi connectivity index (χ2v) is 31.4. The number of ketones is 3. The molecule has 27 heteroatoms. The van der Waals surface area contributed by atoms with Crippen LogP contribution in [-0.4, -0.2) is 109 Å². The lowest BCUT2D eigenvalue weighted by Crippen LogP contribution is -2.46. The fourth-order valence-corrected chi connectivity index (χ4v) is 14.8. The number of amides is 8. The first-order valence-corrected chi connectivity index (χ1v) is 43.3. The Kier molecular flexibility index (Phi) is 30.3. The fraction of sp³-hybridized carbons (Fsp3) is 0.150. The van der Waals surface area contributed by atoms with E-state index < -0.39 is 24.4 Å². The highest BCUT2D eigenvalue weighted by atomic mass is 16.5. The number of carbonyl (C=O) groups is 11. The minimum absolute atomic E-state index is 0.00906. The second kappa shape index (κ2) is 43.7. The molecule has 0 saturated carbocycles. The third-order valence-electron chi connectivity index (χ3n) is 21.9. The largest absolute Gasteiger partial charge is 0.482 e. The number of fused-ring (bicyclic) bond motifs is 6. The van der Waals surface area contributed by atoms with Crippen LogP contribution in [0.2, 0.25) is 0 Å². The zero-order chi connectivity index (χ0) is 94.3. The number of anilines is 10. The number of hydrogen-bond donors (Lipinski definition) is 8. The van der Waals surface area contributed by atoms with Gasteiger partial charge in [-0.3, -0.25) is 52.7 Å². The molecule has 0 saturated heterocycles. The first kappa shape index (κ1) is 92.9. The molecule has 676 valence electrons. The summed E-state index contributed by atoms with van der Waals surface area (Å²) < 4.78 is 34.2. The first-order valence-electron chi connectivity index (χ1n) is 43.3. The molecule has 19 rings (SSSR count). The molecule has 4 atom stereocenters. The Morgan fingerprint density at radius 3 is 1.05 bits per heavy atom. The van der Waals surface area contributed by atoms with Gasteiger partial charge in [0.1, 0.15) is 28.7 Å². The molecule has 13 aromatic carbocycles. The minimum atomic E-state index is -0.612. The van der Waals surface area contributed by atoms with Crippen LogP contribution in [0, 0.1) is 0 Å². The SMILES string of the molecule is CC(=O)c1ccc(/C=C2\Oc3ccccc3NC2=O)cc1.CC(=O)c1ccc(CC2Oc3ccccc3NC2=O)cc1.CCN1C(=O)C(Cc2ccc(C(=O)Nc3ccccc3N)cc2)Oc2ccccc21.CCN1C(=O)C(Cc2ccc(C(C)=O)cc2)Oc2ccccc21.Nc1ccccc1NC(=O)c1ccc(CC2Oc3ccccc3NC2=O)cc1.O=C1COc2ccccc2N1. The molecular formula is C107H96N10O17. The molecule has 0 fully saturated rings. The number of benzene rings is 13. The van der Waals surface area contributed by atoms with E-state index in [4.69, 9.17) is 39.9 Å². The van der Waals surface area contributed by atoms with E-state index in [0.29, 0.717) is 129 Å². The Labute approximate surface area is 773 Å². The fourth-order valence-electron chi connectivity index (χ4n) is 14.8. The molecule has 0 radical (unpaired) electrons. The highest BCUT2D eigenvalue weighted by Crippen LogP contribution is 2.39. The summed E-state index contributed by atoms with van der Waals surface area (Å²) in [5.74, 6) is 3.16. The van der Waals surface area contributed by atoms with Crippen molar-refractivity contribution in [3.8, 4) is 34.5 Å². The molecule has 27 nitrogen and oxygen atoms in total. The van der Waals surface area contributed by atoms with Crippen molar-refractivity contribution in [2.24, 2.45) is 0 Å². The standard InChI is InChI=1S/C24H23N3O3.C22H19N3O3.C19H19NO3.C17H15NO3.C17H13NO3.C8H7NO2/c1-2-27-20-9-5-6-10-21(20)30-22(24(27)29)15-16-11-13-17(14-12-16)23(28)26-19-8-4-3-7-18(19)25;23-16-5-1-2-6-17(16)24-21(26)15-11-9-14(10-12-15)13-20-22(27)25-18-7-3-4-8-19(18)28-20;1-3-20-16-6-4-5-7-17(16)23-18(19(20)22)12-14-8-10-15(11-9-14)13(2)21;2*1-11(19)13-8-6-12(7-9-13)10-16-17(20)18-14-4-2-3-5-15(14)21-16;10-8-5-11-7-4-2-1-3-6(7)9-8/h3-14,22H,2,15,25H2,1H3,(H,26,28);1-12,20H,13,23H2,(H,24,26)(H,25,27);4-11,18H,3,12H2,1-2H3;2-9,16H,10H2,1H3,(H,18,20);2-10H,1H3,(H,18,20);1-4H,5H2,(H,9,10)/b;;;;16-10-;. The molecule has 0 aromatic heterocycles. The number of nitrogens with one attached hydrogen (secondary N) is 6. The molecule has 4 unspecified atom stereocenters. The van der Waals surface area contributed by atoms with E-state index in [0.717, 1.165) is 56.4 Å². The van der Waals surface area contributed by atoms with E-state index in [1.54, 1.807) is 138 Å². The number of carbonyl (C=O) groups excluding carboxylic acids is 11. The van der Waals surface area contributed by atoms with Crippen molar-refractivity contribution in [1.82, 2.24) is 0 Å². The summed E-state index contributed by atoms with van der Waals surface area (Å²) in [6.07, 6.45) is 1.15. The van der Waals surface area contributed by atoms with E-state index in [-0.39, 0.29) is 77.0 Å². The predicted molar refractivity (Wildman–Crippen MR) is 516 cm³/mol. The van der Waals surface area contributed by atoms with Gasteiger partial charge >= 0.3 is 0 Å². The van der Waals surface area contributed by atoms with Crippen LogP contribution in [0.25, 0.3) is 6.08 Å². The number of nitrogens with two attached hydrogens (primary N) is 2. The van der Waals surface area contributed by atoms with E-state index in [9.17, 15) is 52.7 Å². The Morgan fingerprint density at radius 1 is 0.351 bits per heavy atom. The summed E-state index contributed by atoms with van der Waals surface area (Å²) in [6.45, 7) is 9.81. The molecule has 0 spiro atoms. The number of likely N-dealkylation sites (N-methyl/N-ethyl adjacent to an activating group) is 2. The van der Waals surface area contributed by atoms with Gasteiger partial charge in [-0.1, -0.05) is 194 Å². The molecule has 10 N–H and O–H groups in total. The van der Waals surface area contributed by atoms with Crippen molar-refractivity contribution in [3.05, 3.63) is 377 Å². The van der Waals surface area contributed by atoms with Crippen molar-refractivity contribution < 1.29 is 81.2 Å². The zero-order valence-electron chi connectivity index (χ0n) is 73.8. The van der Waals surface area contributed by atoms with Gasteiger partial charge in [-0.2, -0.15) is 0 Å². The van der Waals surface area contributed by atoms with E-state index in [2.05, 4.69) is 31.9 Å². The number of hydrogen-bond acceptors (Lipinski definition) is 19. The highest BCUT2D eigenvalue weighted by molar-refractivity contribution is 6.10. The molecule has 8 amide bonds. The van der Waals surface area contributed by atoms with Crippen LogP contribution in [0.5, 0.6) is 34.5 Å². The van der Waals surface area contributed by atoms with Crippen molar-refractivity contribution in [3.63, 3.8) is 0 Å². The lowest BCUT2D eigenvalue weighted by atomic mass is 10.0. The molecular weight excluding hydrogens is 1700 g/mol. The normalized spacial score (nSPS) is 15.6. The highest BCUT2D eigenvalue weighted by Gasteiger charge is 2.36. The summed E-state index contributed by atoms with van der Waals surface area (Å²) in [7, 11) is 0. The third-order valence-corrected chi connectivity index (χ3v) is 21.9. The van der Waals surface area contributed by atoms with Gasteiger partial charge in [0, 0.05) is 66.6 Å². The van der Waals surface area contributed by atoms with Crippen LogP contribution in [0.3, 0.4) is 0 Å². The molecule has 13 aromatic rings. The Bertz CT molecular complexity index is 6570. The molecule has 6 heterocycles. The van der Waals surface area contributed by atoms with Crippen LogP contribution < -0.4 is 81.6 Å². The average Bonchev–Trinajstić information content (AvgIpc) is 0.791. The first-order chi connectivity index (χ1) is 64.9. The predicted octanol–water partition coefficient (Wildman–Crippen LogP) is 17.7. The van der Waals surface area contributed by atoms with Crippen LogP contribution in [0.4, 0.5) is 56.9 Å². The number of rotatable bonds is 18. The van der Waals surface area contributed by atoms with Gasteiger partial charge in [-0.05, 0) is 190 Å². The van der Waals surface area contributed by atoms with Gasteiger partial charge in [0.05, 0.1) is 56.9 Å². The van der Waals surface area contributed by atoms with Crippen molar-refractivity contribution in [2.75, 3.05) is 72.9 Å². The summed E-state index contributed by atoms with van der Waals surface area (Å²) >= 11 is 0. The van der Waals surface area contributed by atoms with Crippen LogP contribution in [0.1, 0.15) is 114 Å². The van der Waals surface area contributed by atoms with Gasteiger partial charge in [0.15, 0.2) is 59.9 Å². The number of Topliss-reactive ketones (excluding diaryl/α,β-unsaturated/α-hetero) is 3. The second-order valence-electron chi connectivity index (χ2n) is 31.4. The van der Waals surface area contributed by atoms with Gasteiger partial charge in [-0.25, -0.2) is 0 Å². The Balaban J connectivity index is 0.000000131. The van der Waals surface area contributed by atoms with Crippen LogP contribution >= 0.6 is 0 Å². The van der Waals surface area contributed by atoms with Gasteiger partial charge in [-0.15, -0.1) is 0 Å². The van der Waals surface area contributed by atoms with Crippen molar-refractivity contribution >= 4 is 128 Å². The summed E-state index contributed by atoms with van der Waals surface area (Å²) in [5, 5.41) is 16.8. The Morgan fingerprint density at radius 2 is 0.664 bits per heavy atom. The van der Waals surface area contributed by atoms with Gasteiger partial charge in [0.2, 0.25) is 0 Å². The smallest absolute Gasteiger partial charge is 0.291 e. The number of nitrogen functional groups attached to an aromatic ring is 2. The quantitative estimate of drug-likeness (QED) is 0.0225. The van der Waals surface area contributed by atoms with Crippen molar-refractivity contribution in [1.29, 1.82) is 0 Å². The maximum absolute atomic E-state index is 12.9. The molecule has 6 aliphatic heterocycles. The summed E-state index contributed by atoms with van der Waals surface area (Å²) in [4.78, 5) is 135. The molecule has 0 bridgehead atoms. The van der Waals surface area contributed by atoms with E-state index in [1.165, 1.54) is 13.8 Å². The van der Waals surface area contributed by atoms with Crippen molar-refractivity contribution in [2.45, 2.75) is 84.7 Å². The molecule has 134 heavy (non-hydrogen) atoms. The summed E-state index contributed by atoms with van der Waals surface area (Å²) in [6, 6.07) is 94.5. The molecule has 6 aliphatic rings. The number of para-hydroxylation sites is 16. The van der Waals surface area contributed by atoms with E-state index in [1.807, 2.05) is 214 Å². The topological polar surface area (TPSA) is 374 Å². The molecule has 0 aliphatic carbocycles. The zero-order valence-corrected chi connectivity index (χ0v) is 73.8. The van der Waals surface area contributed by atoms with Crippen LogP contribution in [0.15, 0.2) is 321 Å². The van der Waals surface area contributed by atoms with Gasteiger partial charge < -0.3 is 81.6 Å². The van der Waals surface area contributed by atoms with Crippen LogP contribution in [-0.2, 0) is 54.5 Å². The maximum Gasteiger partial charge on any atom is 0.291 e. The van der Waals surface area contributed by atoms with E-state index >= 15 is 0 Å². The lowest BCUT2D eigenvalue weighted by molar-refractivity contribution is -0.126. The maximum atomic E-state index is 12.9. The Hall–Kier alpha value is -17.2. The number of nitrogens with zero attached hydrogens (tertiary/aromatic N) is 2. The average molecular weight is 1790 g/mol.